The second kappa shape index (κ2) is 3.96. The molecule has 1 rings (SSSR count). The molecule has 0 spiro atoms. The van der Waals surface area contributed by atoms with Crippen molar-refractivity contribution in [1.29, 1.82) is 0 Å². The molecule has 66 valence electrons. The van der Waals surface area contributed by atoms with E-state index in [1.165, 1.54) is 6.33 Å². The second-order valence-electron chi connectivity index (χ2n) is 2.78. The van der Waals surface area contributed by atoms with Gasteiger partial charge in [0.15, 0.2) is 0 Å². The van der Waals surface area contributed by atoms with Gasteiger partial charge >= 0.3 is 0 Å². The molecule has 1 aromatic rings. The summed E-state index contributed by atoms with van der Waals surface area (Å²) in [5.74, 6) is 0. The van der Waals surface area contributed by atoms with E-state index in [4.69, 9.17) is 0 Å². The van der Waals surface area contributed by atoms with Crippen LogP contribution >= 0.6 is 0 Å². The summed E-state index contributed by atoms with van der Waals surface area (Å²) in [5.41, 5.74) is 0. The molecule has 0 aliphatic carbocycles. The van der Waals surface area contributed by atoms with Gasteiger partial charge in [0.2, 0.25) is 0 Å². The van der Waals surface area contributed by atoms with Gasteiger partial charge in [0.25, 0.3) is 0 Å². The zero-order chi connectivity index (χ0) is 8.97. The number of aldehydes is 1. The number of nitrogens with zero attached hydrogens (tertiary/aromatic N) is 4. The monoisotopic (exact) mass is 168 g/mol. The molecule has 1 heterocycles. The molecule has 1 aromatic heterocycles. The Bertz CT molecular complexity index is 232. The van der Waals surface area contributed by atoms with Crippen molar-refractivity contribution in [1.82, 2.24) is 19.7 Å². The number of likely N-dealkylation sites (N-methyl/N-ethyl adjacent to an activating group) is 1. The van der Waals surface area contributed by atoms with Gasteiger partial charge in [0.05, 0.1) is 12.6 Å². The van der Waals surface area contributed by atoms with Crippen molar-refractivity contribution in [2.75, 3.05) is 14.1 Å². The average Bonchev–Trinajstić information content (AvgIpc) is 2.51. The summed E-state index contributed by atoms with van der Waals surface area (Å²) >= 11 is 0. The van der Waals surface area contributed by atoms with Gasteiger partial charge in [-0.25, -0.2) is 4.98 Å². The van der Waals surface area contributed by atoms with E-state index >= 15 is 0 Å². The van der Waals surface area contributed by atoms with Gasteiger partial charge in [0, 0.05) is 0 Å². The molecule has 0 fully saturated rings. The van der Waals surface area contributed by atoms with Gasteiger partial charge in [-0.2, -0.15) is 5.10 Å². The largest absolute Gasteiger partial charge is 0.302 e. The first-order chi connectivity index (χ1) is 5.74. The van der Waals surface area contributed by atoms with Crippen LogP contribution in [0.3, 0.4) is 0 Å². The molecular weight excluding hydrogens is 156 g/mol. The van der Waals surface area contributed by atoms with Gasteiger partial charge < -0.3 is 4.79 Å². The fourth-order valence-electron chi connectivity index (χ4n) is 0.847. The zero-order valence-electron chi connectivity index (χ0n) is 7.21. The molecule has 0 saturated heterocycles. The van der Waals surface area contributed by atoms with Crippen molar-refractivity contribution in [2.24, 2.45) is 0 Å². The van der Waals surface area contributed by atoms with E-state index in [0.717, 1.165) is 6.29 Å². The summed E-state index contributed by atoms with van der Waals surface area (Å²) < 4.78 is 1.64. The lowest BCUT2D eigenvalue weighted by Crippen LogP contribution is -2.33. The van der Waals surface area contributed by atoms with Crippen LogP contribution in [0.15, 0.2) is 12.7 Å². The minimum absolute atomic E-state index is 0.133. The van der Waals surface area contributed by atoms with Crippen molar-refractivity contribution >= 4 is 6.29 Å². The number of carbonyl (C=O) groups excluding carboxylic acids is 1. The first kappa shape index (κ1) is 8.86. The quantitative estimate of drug-likeness (QED) is 0.564. The lowest BCUT2D eigenvalue weighted by atomic mass is 10.3. The minimum atomic E-state index is -0.133. The van der Waals surface area contributed by atoms with Crippen LogP contribution in [0, 0.1) is 0 Å². The normalized spacial score (nSPS) is 13.2. The summed E-state index contributed by atoms with van der Waals surface area (Å²) in [5, 5.41) is 3.91. The third-order valence-corrected chi connectivity index (χ3v) is 1.66. The Labute approximate surface area is 71.0 Å². The van der Waals surface area contributed by atoms with Crippen LogP contribution in [0.25, 0.3) is 0 Å². The highest BCUT2D eigenvalue weighted by Gasteiger charge is 2.10. The Balaban J connectivity index is 2.54. The Hall–Kier alpha value is -1.23. The Morgan fingerprint density at radius 3 is 2.83 bits per heavy atom. The maximum atomic E-state index is 10.6. The van der Waals surface area contributed by atoms with Gasteiger partial charge in [-0.15, -0.1) is 0 Å². The highest BCUT2D eigenvalue weighted by molar-refractivity contribution is 5.57. The maximum Gasteiger partial charge on any atom is 0.138 e. The van der Waals surface area contributed by atoms with Crippen LogP contribution in [-0.4, -0.2) is 46.1 Å². The first-order valence-corrected chi connectivity index (χ1v) is 3.68. The van der Waals surface area contributed by atoms with Gasteiger partial charge in [-0.3, -0.25) is 9.58 Å². The van der Waals surface area contributed by atoms with E-state index in [-0.39, 0.29) is 6.04 Å². The van der Waals surface area contributed by atoms with E-state index in [2.05, 4.69) is 10.1 Å². The molecule has 0 bridgehead atoms. The lowest BCUT2D eigenvalue weighted by Gasteiger charge is -2.17. The fraction of sp³-hybridized carbons (Fsp3) is 0.571. The molecule has 0 aliphatic rings. The lowest BCUT2D eigenvalue weighted by molar-refractivity contribution is -0.112. The molecule has 0 amide bonds. The van der Waals surface area contributed by atoms with Crippen LogP contribution < -0.4 is 0 Å². The van der Waals surface area contributed by atoms with Gasteiger partial charge in [-0.1, -0.05) is 0 Å². The predicted octanol–water partition coefficient (Wildman–Crippen LogP) is -0.593. The number of rotatable bonds is 4. The molecule has 0 aromatic carbocycles. The third kappa shape index (κ3) is 2.13. The maximum absolute atomic E-state index is 10.6. The van der Waals surface area contributed by atoms with E-state index < -0.39 is 0 Å². The Morgan fingerprint density at radius 1 is 1.67 bits per heavy atom. The molecule has 0 radical (unpaired) electrons. The van der Waals surface area contributed by atoms with E-state index in [9.17, 15) is 4.79 Å². The van der Waals surface area contributed by atoms with E-state index in [1.54, 1.807) is 11.0 Å². The van der Waals surface area contributed by atoms with Crippen LogP contribution in [0.5, 0.6) is 0 Å². The highest BCUT2D eigenvalue weighted by Crippen LogP contribution is 1.92. The van der Waals surface area contributed by atoms with Crippen molar-refractivity contribution in [3.63, 3.8) is 0 Å². The molecule has 5 heteroatoms. The first-order valence-electron chi connectivity index (χ1n) is 3.68. The average molecular weight is 168 g/mol. The molecule has 12 heavy (non-hydrogen) atoms. The van der Waals surface area contributed by atoms with Crippen LogP contribution in [0.4, 0.5) is 0 Å². The van der Waals surface area contributed by atoms with E-state index in [1.807, 2.05) is 19.0 Å². The van der Waals surface area contributed by atoms with Gasteiger partial charge in [0.1, 0.15) is 18.9 Å². The summed E-state index contributed by atoms with van der Waals surface area (Å²) in [6.07, 6.45) is 3.96. The van der Waals surface area contributed by atoms with Crippen LogP contribution in [-0.2, 0) is 11.3 Å². The minimum Gasteiger partial charge on any atom is -0.302 e. The number of hydrogen-bond donors (Lipinski definition) is 0. The summed E-state index contributed by atoms with van der Waals surface area (Å²) in [6, 6.07) is -0.133. The molecule has 1 unspecified atom stereocenters. The van der Waals surface area contributed by atoms with E-state index in [0.29, 0.717) is 6.54 Å². The van der Waals surface area contributed by atoms with Crippen molar-refractivity contribution in [3.05, 3.63) is 12.7 Å². The molecule has 5 nitrogen and oxygen atoms in total. The number of carbonyl (C=O) groups is 1. The van der Waals surface area contributed by atoms with Gasteiger partial charge in [-0.05, 0) is 14.1 Å². The summed E-state index contributed by atoms with van der Waals surface area (Å²) in [7, 11) is 3.71. The van der Waals surface area contributed by atoms with Crippen molar-refractivity contribution in [2.45, 2.75) is 12.6 Å². The second-order valence-corrected chi connectivity index (χ2v) is 2.78. The Kier molecular flexibility index (Phi) is 2.93. The fourth-order valence-corrected chi connectivity index (χ4v) is 0.847. The van der Waals surface area contributed by atoms with Crippen LogP contribution in [0.1, 0.15) is 0 Å². The van der Waals surface area contributed by atoms with Crippen molar-refractivity contribution in [3.8, 4) is 0 Å². The number of aromatic nitrogens is 3. The molecule has 0 N–H and O–H groups in total. The SMILES string of the molecule is CN(C)C(C=O)Cn1cncn1. The predicted molar refractivity (Wildman–Crippen MR) is 43.6 cm³/mol. The third-order valence-electron chi connectivity index (χ3n) is 1.66. The Morgan fingerprint density at radius 2 is 2.42 bits per heavy atom. The van der Waals surface area contributed by atoms with Crippen LogP contribution in [0.2, 0.25) is 0 Å². The standard InChI is InChI=1S/C7H12N4O/c1-10(2)7(4-12)3-11-6-8-5-9-11/h4-7H,3H2,1-2H3. The molecule has 0 saturated carbocycles. The summed E-state index contributed by atoms with van der Waals surface area (Å²) in [6.45, 7) is 0.552. The molecular formula is C7H12N4O. The number of hydrogen-bond acceptors (Lipinski definition) is 4. The molecule has 0 aliphatic heterocycles. The molecule has 1 atom stereocenters. The smallest absolute Gasteiger partial charge is 0.138 e. The zero-order valence-corrected chi connectivity index (χ0v) is 7.21. The highest BCUT2D eigenvalue weighted by atomic mass is 16.1. The topological polar surface area (TPSA) is 51.0 Å². The summed E-state index contributed by atoms with van der Waals surface area (Å²) in [4.78, 5) is 16.2. The van der Waals surface area contributed by atoms with Crippen molar-refractivity contribution < 1.29 is 4.79 Å².